The van der Waals surface area contributed by atoms with Gasteiger partial charge in [0.2, 0.25) is 5.82 Å². The largest absolute Gasteiger partial charge is 0.356 e. The number of carbonyl (C=O) groups excluding carboxylic acids is 1. The molecule has 0 aliphatic carbocycles. The van der Waals surface area contributed by atoms with Gasteiger partial charge in [-0.3, -0.25) is 9.78 Å². The number of amides is 1. The summed E-state index contributed by atoms with van der Waals surface area (Å²) in [5, 5.41) is 3.88. The molecule has 7 heteroatoms. The van der Waals surface area contributed by atoms with E-state index in [-0.39, 0.29) is 17.8 Å². The van der Waals surface area contributed by atoms with E-state index in [0.717, 1.165) is 54.1 Å². The molecule has 4 rings (SSSR count). The van der Waals surface area contributed by atoms with Crippen molar-refractivity contribution in [2.24, 2.45) is 0 Å². The third-order valence-corrected chi connectivity index (χ3v) is 5.06. The molecule has 3 aromatic rings. The minimum atomic E-state index is -0.318. The lowest BCUT2D eigenvalue weighted by atomic mass is 10.1. The fraction of sp³-hybridized carbons (Fsp3) is 0.381. The minimum Gasteiger partial charge on any atom is -0.356 e. The number of anilines is 1. The molecule has 0 spiro atoms. The normalized spacial score (nSPS) is 15.0. The van der Waals surface area contributed by atoms with Crippen LogP contribution in [0.2, 0.25) is 0 Å². The number of rotatable bonds is 4. The van der Waals surface area contributed by atoms with Crippen LogP contribution in [0, 0.1) is 13.8 Å². The van der Waals surface area contributed by atoms with Gasteiger partial charge in [0.25, 0.3) is 5.91 Å². The summed E-state index contributed by atoms with van der Waals surface area (Å²) < 4.78 is 0. The molecule has 1 N–H and O–H groups in total. The summed E-state index contributed by atoms with van der Waals surface area (Å²) in [4.78, 5) is 33.2. The van der Waals surface area contributed by atoms with Gasteiger partial charge >= 0.3 is 0 Å². The van der Waals surface area contributed by atoms with Crippen molar-refractivity contribution in [3.8, 4) is 0 Å². The van der Waals surface area contributed by atoms with Gasteiger partial charge in [0, 0.05) is 25.0 Å². The first kappa shape index (κ1) is 18.3. The zero-order valence-corrected chi connectivity index (χ0v) is 16.4. The molecule has 1 aliphatic rings. The van der Waals surface area contributed by atoms with Crippen molar-refractivity contribution in [2.75, 3.05) is 18.0 Å². The summed E-state index contributed by atoms with van der Waals surface area (Å²) in [5.74, 6) is 0.638. The van der Waals surface area contributed by atoms with Gasteiger partial charge in [-0.05, 0) is 57.4 Å². The molecule has 3 aromatic heterocycles. The van der Waals surface area contributed by atoms with Gasteiger partial charge in [0.05, 0.1) is 17.1 Å². The van der Waals surface area contributed by atoms with Crippen molar-refractivity contribution >= 4 is 22.8 Å². The molecule has 4 heterocycles. The Hall–Kier alpha value is -3.09. The van der Waals surface area contributed by atoms with Gasteiger partial charge in [0.15, 0.2) is 5.65 Å². The number of aromatic nitrogens is 4. The summed E-state index contributed by atoms with van der Waals surface area (Å²) in [5.41, 5.74) is 3.33. The van der Waals surface area contributed by atoms with E-state index in [0.29, 0.717) is 5.65 Å². The van der Waals surface area contributed by atoms with E-state index in [9.17, 15) is 4.79 Å². The molecule has 28 heavy (non-hydrogen) atoms. The number of carbonyl (C=O) groups is 1. The van der Waals surface area contributed by atoms with Crippen LogP contribution in [0.15, 0.2) is 30.5 Å². The third-order valence-electron chi connectivity index (χ3n) is 5.06. The van der Waals surface area contributed by atoms with Crippen molar-refractivity contribution in [1.82, 2.24) is 25.3 Å². The van der Waals surface area contributed by atoms with Crippen LogP contribution in [0.3, 0.4) is 0 Å². The molecule has 1 atom stereocenters. The van der Waals surface area contributed by atoms with Gasteiger partial charge < -0.3 is 10.2 Å². The second kappa shape index (κ2) is 7.50. The molecule has 1 amide bonds. The van der Waals surface area contributed by atoms with Gasteiger partial charge in [-0.15, -0.1) is 0 Å². The van der Waals surface area contributed by atoms with Crippen molar-refractivity contribution < 1.29 is 4.79 Å². The molecule has 0 radical (unpaired) electrons. The highest BCUT2D eigenvalue weighted by atomic mass is 16.2. The van der Waals surface area contributed by atoms with E-state index in [1.54, 1.807) is 6.20 Å². The van der Waals surface area contributed by atoms with E-state index >= 15 is 0 Å². The van der Waals surface area contributed by atoms with Gasteiger partial charge in [0.1, 0.15) is 5.82 Å². The molecule has 144 valence electrons. The lowest BCUT2D eigenvalue weighted by molar-refractivity contribution is 0.0929. The van der Waals surface area contributed by atoms with E-state index in [1.165, 1.54) is 0 Å². The Balaban J connectivity index is 1.73. The predicted octanol–water partition coefficient (Wildman–Crippen LogP) is 3.13. The SMILES string of the molecule is Cc1cc(C)c2c(N3CCCC3)nc(C(=O)NC(C)c3ccccn3)nc2n1. The van der Waals surface area contributed by atoms with Crippen LogP contribution in [0.4, 0.5) is 5.82 Å². The Bertz CT molecular complexity index is 1010. The predicted molar refractivity (Wildman–Crippen MR) is 108 cm³/mol. The van der Waals surface area contributed by atoms with E-state index in [2.05, 4.69) is 30.2 Å². The Morgan fingerprint density at radius 3 is 2.64 bits per heavy atom. The number of hydrogen-bond acceptors (Lipinski definition) is 6. The number of nitrogens with zero attached hydrogens (tertiary/aromatic N) is 5. The zero-order chi connectivity index (χ0) is 19.7. The Labute approximate surface area is 164 Å². The van der Waals surface area contributed by atoms with Crippen molar-refractivity contribution in [1.29, 1.82) is 0 Å². The molecule has 1 saturated heterocycles. The average molecular weight is 376 g/mol. The topological polar surface area (TPSA) is 83.9 Å². The number of nitrogens with one attached hydrogen (secondary N) is 1. The van der Waals surface area contributed by atoms with Crippen LogP contribution < -0.4 is 10.2 Å². The maximum Gasteiger partial charge on any atom is 0.289 e. The summed E-state index contributed by atoms with van der Waals surface area (Å²) in [6, 6.07) is 7.43. The number of pyridine rings is 2. The molecular formula is C21H24N6O. The minimum absolute atomic E-state index is 0.148. The molecule has 7 nitrogen and oxygen atoms in total. The number of fused-ring (bicyclic) bond motifs is 1. The molecule has 0 saturated carbocycles. The van der Waals surface area contributed by atoms with Crippen molar-refractivity contribution in [2.45, 2.75) is 39.7 Å². The second-order valence-corrected chi connectivity index (χ2v) is 7.29. The fourth-order valence-electron chi connectivity index (χ4n) is 3.68. The van der Waals surface area contributed by atoms with Crippen molar-refractivity contribution in [3.63, 3.8) is 0 Å². The van der Waals surface area contributed by atoms with Crippen LogP contribution >= 0.6 is 0 Å². The van der Waals surface area contributed by atoms with E-state index in [1.807, 2.05) is 45.0 Å². The van der Waals surface area contributed by atoms with E-state index < -0.39 is 0 Å². The van der Waals surface area contributed by atoms with Crippen molar-refractivity contribution in [3.05, 3.63) is 53.2 Å². The standard InChI is InChI=1S/C21H24N6O/c1-13-12-14(2)23-18-17(13)20(27-10-6-7-11-27)26-19(25-18)21(28)24-15(3)16-8-4-5-9-22-16/h4-5,8-9,12,15H,6-7,10-11H2,1-3H3,(H,24,28). The second-order valence-electron chi connectivity index (χ2n) is 7.29. The molecule has 1 unspecified atom stereocenters. The lowest BCUT2D eigenvalue weighted by Gasteiger charge is -2.20. The van der Waals surface area contributed by atoms with Gasteiger partial charge in [-0.2, -0.15) is 0 Å². The molecule has 1 aliphatic heterocycles. The quantitative estimate of drug-likeness (QED) is 0.753. The first-order valence-corrected chi connectivity index (χ1v) is 9.65. The molecule has 0 aromatic carbocycles. The van der Waals surface area contributed by atoms with Crippen LogP contribution in [-0.2, 0) is 0 Å². The highest BCUT2D eigenvalue weighted by Gasteiger charge is 2.23. The fourth-order valence-corrected chi connectivity index (χ4v) is 3.68. The molecule has 0 bridgehead atoms. The highest BCUT2D eigenvalue weighted by molar-refractivity contribution is 5.97. The van der Waals surface area contributed by atoms with E-state index in [4.69, 9.17) is 0 Å². The van der Waals surface area contributed by atoms with Gasteiger partial charge in [-0.25, -0.2) is 15.0 Å². The summed E-state index contributed by atoms with van der Waals surface area (Å²) in [6.07, 6.45) is 3.97. The maximum absolute atomic E-state index is 12.9. The first-order chi connectivity index (χ1) is 13.5. The lowest BCUT2D eigenvalue weighted by Crippen LogP contribution is -2.30. The van der Waals surface area contributed by atoms with Crippen LogP contribution in [0.1, 0.15) is 53.4 Å². The highest BCUT2D eigenvalue weighted by Crippen LogP contribution is 2.29. The summed E-state index contributed by atoms with van der Waals surface area (Å²) in [7, 11) is 0. The Morgan fingerprint density at radius 2 is 1.93 bits per heavy atom. The molecule has 1 fully saturated rings. The monoisotopic (exact) mass is 376 g/mol. The number of aryl methyl sites for hydroxylation is 2. The molecular weight excluding hydrogens is 352 g/mol. The third kappa shape index (κ3) is 3.52. The van der Waals surface area contributed by atoms with Crippen LogP contribution in [0.5, 0.6) is 0 Å². The number of hydrogen-bond donors (Lipinski definition) is 1. The summed E-state index contributed by atoms with van der Waals surface area (Å²) >= 11 is 0. The Morgan fingerprint density at radius 1 is 1.14 bits per heavy atom. The maximum atomic E-state index is 12.9. The average Bonchev–Trinajstić information content (AvgIpc) is 3.22. The Kier molecular flexibility index (Phi) is 4.90. The smallest absolute Gasteiger partial charge is 0.289 e. The van der Waals surface area contributed by atoms with Crippen LogP contribution in [-0.4, -0.2) is 38.9 Å². The van der Waals surface area contributed by atoms with Crippen LogP contribution in [0.25, 0.3) is 11.0 Å². The zero-order valence-electron chi connectivity index (χ0n) is 16.4. The first-order valence-electron chi connectivity index (χ1n) is 9.65. The summed E-state index contributed by atoms with van der Waals surface area (Å²) in [6.45, 7) is 7.75. The van der Waals surface area contributed by atoms with Gasteiger partial charge in [-0.1, -0.05) is 6.07 Å².